The zero-order chi connectivity index (χ0) is 23.6. The van der Waals surface area contributed by atoms with Crippen LogP contribution >= 0.6 is 0 Å². The third kappa shape index (κ3) is 5.20. The van der Waals surface area contributed by atoms with Crippen molar-refractivity contribution in [1.82, 2.24) is 9.80 Å². The first kappa shape index (κ1) is 25.5. The van der Waals surface area contributed by atoms with Crippen LogP contribution in [-0.2, 0) is 15.1 Å². The highest BCUT2D eigenvalue weighted by Gasteiger charge is 2.57. The number of amidine groups is 3. The van der Waals surface area contributed by atoms with Crippen molar-refractivity contribution in [1.29, 1.82) is 0 Å². The van der Waals surface area contributed by atoms with Crippen LogP contribution < -0.4 is 11.5 Å². The molecule has 0 aromatic carbocycles. The van der Waals surface area contributed by atoms with E-state index >= 15 is 0 Å². The zero-order valence-corrected chi connectivity index (χ0v) is 18.5. The molecule has 1 saturated heterocycles. The van der Waals surface area contributed by atoms with Gasteiger partial charge in [0.25, 0.3) is 0 Å². The van der Waals surface area contributed by atoms with E-state index in [4.69, 9.17) is 38.7 Å². The predicted octanol–water partition coefficient (Wildman–Crippen LogP) is -2.37. The highest BCUT2D eigenvalue weighted by atomic mass is 32.3. The van der Waals surface area contributed by atoms with Crippen LogP contribution in [0, 0.1) is 0 Å². The number of aliphatic imine (C=N–C) groups is 3. The van der Waals surface area contributed by atoms with Crippen LogP contribution in [0.15, 0.2) is 15.0 Å². The zero-order valence-electron chi connectivity index (χ0n) is 17.7. The maximum atomic E-state index is 10.5. The molecule has 178 valence electrons. The van der Waals surface area contributed by atoms with Crippen LogP contribution in [0.3, 0.4) is 0 Å². The van der Waals surface area contributed by atoms with Crippen LogP contribution in [0.5, 0.6) is 0 Å². The Morgan fingerprint density at radius 1 is 1.29 bits per heavy atom. The van der Waals surface area contributed by atoms with Gasteiger partial charge in [0.15, 0.2) is 12.1 Å². The number of likely N-dealkylation sites (N-methyl/N-ethyl adjacent to an activating group) is 1. The Morgan fingerprint density at radius 2 is 1.90 bits per heavy atom. The second-order valence-electron chi connectivity index (χ2n) is 7.31. The van der Waals surface area contributed by atoms with Crippen molar-refractivity contribution in [3.63, 3.8) is 0 Å². The first-order valence-electron chi connectivity index (χ1n) is 9.74. The highest BCUT2D eigenvalue weighted by Crippen LogP contribution is 2.36. The van der Waals surface area contributed by atoms with Crippen LogP contribution in [-0.4, -0.2) is 112 Å². The van der Waals surface area contributed by atoms with E-state index in [1.165, 1.54) is 0 Å². The van der Waals surface area contributed by atoms with Crippen LogP contribution in [0.2, 0.25) is 0 Å². The molecule has 0 aromatic heterocycles. The van der Waals surface area contributed by atoms with Crippen molar-refractivity contribution >= 4 is 27.9 Å². The molecule has 0 aromatic rings. The first-order valence-corrected chi connectivity index (χ1v) is 11.1. The minimum atomic E-state index is -4.67. The molecule has 0 spiro atoms. The molecule has 31 heavy (non-hydrogen) atoms. The van der Waals surface area contributed by atoms with Gasteiger partial charge in [-0.25, -0.2) is 15.0 Å². The highest BCUT2D eigenvalue weighted by molar-refractivity contribution is 7.79. The topological polar surface area (TPSA) is 220 Å². The van der Waals surface area contributed by atoms with Crippen molar-refractivity contribution in [3.05, 3.63) is 0 Å². The van der Waals surface area contributed by atoms with Crippen molar-refractivity contribution in [2.75, 3.05) is 26.8 Å². The lowest BCUT2D eigenvalue weighted by Gasteiger charge is -2.40. The maximum Gasteiger partial charge on any atom is 0.394 e. The molecule has 14 nitrogen and oxygen atoms in total. The molecule has 3 aliphatic heterocycles. The van der Waals surface area contributed by atoms with Crippen molar-refractivity contribution in [2.24, 2.45) is 26.4 Å². The van der Waals surface area contributed by atoms with E-state index in [1.807, 2.05) is 18.9 Å². The number of rotatable bonds is 6. The smallest absolute Gasteiger partial charge is 0.388 e. The van der Waals surface area contributed by atoms with E-state index in [2.05, 4.69) is 9.98 Å². The average Bonchev–Trinajstić information content (AvgIpc) is 3.15. The fourth-order valence-electron chi connectivity index (χ4n) is 3.73. The maximum absolute atomic E-state index is 10.5. The van der Waals surface area contributed by atoms with Crippen molar-refractivity contribution < 1.29 is 32.5 Å². The van der Waals surface area contributed by atoms with E-state index < -0.39 is 40.6 Å². The number of fused-ring (bicyclic) bond motifs is 1. The summed E-state index contributed by atoms with van der Waals surface area (Å²) in [6.07, 6.45) is -1.95. The van der Waals surface area contributed by atoms with Gasteiger partial charge in [0.1, 0.15) is 30.5 Å². The van der Waals surface area contributed by atoms with Gasteiger partial charge in [0, 0.05) is 13.0 Å². The fourth-order valence-corrected chi connectivity index (χ4v) is 3.73. The fraction of sp³-hybridized carbons (Fsp3) is 0.812. The SMILES string of the molecule is CCC1=NC2(N(C)CCCN)C(N)=NCN=C2N1[C@@H]1O[C@H](C)[C@@H](O)[C@H]1O.O=S(=O)(O)O. The predicted molar refractivity (Wildman–Crippen MR) is 113 cm³/mol. The summed E-state index contributed by atoms with van der Waals surface area (Å²) in [5.41, 5.74) is 10.9. The molecule has 0 saturated carbocycles. The van der Waals surface area contributed by atoms with Crippen LogP contribution in [0.25, 0.3) is 0 Å². The van der Waals surface area contributed by atoms with Gasteiger partial charge in [0.2, 0.25) is 5.66 Å². The number of nitrogens with zero attached hydrogens (tertiary/aromatic N) is 5. The molecule has 0 aliphatic carbocycles. The largest absolute Gasteiger partial charge is 0.394 e. The molecule has 3 rings (SSSR count). The summed E-state index contributed by atoms with van der Waals surface area (Å²) in [5.74, 6) is 1.62. The third-order valence-corrected chi connectivity index (χ3v) is 5.23. The monoisotopic (exact) mass is 465 g/mol. The summed E-state index contributed by atoms with van der Waals surface area (Å²) < 4.78 is 37.4. The van der Waals surface area contributed by atoms with Crippen molar-refractivity contribution in [2.45, 2.75) is 56.9 Å². The van der Waals surface area contributed by atoms with Gasteiger partial charge < -0.3 is 26.4 Å². The molecule has 0 amide bonds. The number of nitrogens with two attached hydrogens (primary N) is 2. The number of hydrogen-bond acceptors (Lipinski definition) is 12. The third-order valence-electron chi connectivity index (χ3n) is 5.23. The van der Waals surface area contributed by atoms with Gasteiger partial charge in [-0.1, -0.05) is 6.92 Å². The molecule has 0 bridgehead atoms. The quantitative estimate of drug-likeness (QED) is 0.227. The minimum absolute atomic E-state index is 0.192. The van der Waals surface area contributed by atoms with Crippen molar-refractivity contribution in [3.8, 4) is 0 Å². The Morgan fingerprint density at radius 3 is 2.39 bits per heavy atom. The van der Waals surface area contributed by atoms with Gasteiger partial charge in [-0.05, 0) is 26.9 Å². The number of aliphatic hydroxyl groups excluding tert-OH is 2. The molecular formula is C16H31N7O7S. The normalized spacial score (nSPS) is 32.8. The Balaban J connectivity index is 0.000000614. The lowest BCUT2D eigenvalue weighted by molar-refractivity contribution is -0.0338. The summed E-state index contributed by atoms with van der Waals surface area (Å²) in [5, 5.41) is 20.6. The molecule has 3 aliphatic rings. The van der Waals surface area contributed by atoms with E-state index in [-0.39, 0.29) is 6.67 Å². The summed E-state index contributed by atoms with van der Waals surface area (Å²) >= 11 is 0. The van der Waals surface area contributed by atoms with Gasteiger partial charge in [-0.15, -0.1) is 0 Å². The molecule has 1 fully saturated rings. The van der Waals surface area contributed by atoms with Crippen LogP contribution in [0.4, 0.5) is 0 Å². The van der Waals surface area contributed by atoms with E-state index in [9.17, 15) is 10.2 Å². The van der Waals surface area contributed by atoms with E-state index in [1.54, 1.807) is 11.8 Å². The van der Waals surface area contributed by atoms with E-state index in [0.29, 0.717) is 37.0 Å². The standard InChI is InChI=1S/C16H29N7O3.H2O4S/c1-4-10-21-16(22(3)7-5-6-17)14(18)19-8-20-15(16)23(10)13-12(25)11(24)9(2)26-13;1-5(2,3)4/h9,11-13,24-25H,4-8,17H2,1-3H3,(H2,18,19);(H2,1,2,3,4)/t9-,11-,12-,13-,16?;/m1./s1. The van der Waals surface area contributed by atoms with Crippen LogP contribution in [0.1, 0.15) is 26.7 Å². The van der Waals surface area contributed by atoms with Gasteiger partial charge in [0.05, 0.1) is 6.10 Å². The molecule has 0 radical (unpaired) electrons. The second kappa shape index (κ2) is 9.83. The summed E-state index contributed by atoms with van der Waals surface area (Å²) in [6.45, 7) is 5.09. The molecular weight excluding hydrogens is 434 g/mol. The van der Waals surface area contributed by atoms with Gasteiger partial charge >= 0.3 is 10.4 Å². The molecule has 8 N–H and O–H groups in total. The summed E-state index contributed by atoms with van der Waals surface area (Å²) in [4.78, 5) is 17.5. The lowest BCUT2D eigenvalue weighted by Crippen LogP contribution is -2.64. The van der Waals surface area contributed by atoms with Gasteiger partial charge in [-0.2, -0.15) is 8.42 Å². The Hall–Kier alpha value is -1.72. The minimum Gasteiger partial charge on any atom is -0.388 e. The Kier molecular flexibility index (Phi) is 8.10. The lowest BCUT2D eigenvalue weighted by atomic mass is 10.0. The molecule has 15 heteroatoms. The Labute approximate surface area is 180 Å². The number of hydrogen-bond donors (Lipinski definition) is 6. The number of ether oxygens (including phenoxy) is 1. The molecule has 1 unspecified atom stereocenters. The van der Waals surface area contributed by atoms with Gasteiger partial charge in [-0.3, -0.25) is 18.9 Å². The number of aliphatic hydroxyl groups is 2. The second-order valence-corrected chi connectivity index (χ2v) is 8.21. The molecule has 5 atom stereocenters. The molecule has 3 heterocycles. The summed E-state index contributed by atoms with van der Waals surface area (Å²) in [7, 11) is -2.76. The average molecular weight is 466 g/mol. The van der Waals surface area contributed by atoms with E-state index in [0.717, 1.165) is 6.42 Å². The summed E-state index contributed by atoms with van der Waals surface area (Å²) in [6, 6.07) is 0. The first-order chi connectivity index (χ1) is 14.4. The Bertz CT molecular complexity index is 841.